The van der Waals surface area contributed by atoms with Crippen LogP contribution in [0.4, 0.5) is 0 Å². The number of ether oxygens (including phenoxy) is 1. The molecule has 5 nitrogen and oxygen atoms in total. The zero-order chi connectivity index (χ0) is 18.4. The van der Waals surface area contributed by atoms with Crippen LogP contribution >= 0.6 is 12.2 Å². The van der Waals surface area contributed by atoms with Crippen LogP contribution in [0, 0.1) is 0 Å². The molecular weight excluding hydrogens is 348 g/mol. The van der Waals surface area contributed by atoms with Crippen molar-refractivity contribution < 1.29 is 14.3 Å². The van der Waals surface area contributed by atoms with Crippen molar-refractivity contribution in [3.63, 3.8) is 0 Å². The highest BCUT2D eigenvalue weighted by atomic mass is 32.1. The second-order valence-corrected chi connectivity index (χ2v) is 7.13. The fourth-order valence-corrected chi connectivity index (χ4v) is 3.65. The lowest BCUT2D eigenvalue weighted by Crippen LogP contribution is -2.40. The minimum Gasteiger partial charge on any atom is -0.432 e. The van der Waals surface area contributed by atoms with Gasteiger partial charge in [-0.3, -0.25) is 14.5 Å². The molecule has 2 amide bonds. The molecule has 1 atom stereocenters. The Labute approximate surface area is 157 Å². The minimum atomic E-state index is -0.200. The van der Waals surface area contributed by atoms with E-state index in [9.17, 15) is 9.59 Å². The molecular formula is C20H18N2O3S. The molecule has 0 bridgehead atoms. The van der Waals surface area contributed by atoms with Crippen molar-refractivity contribution in [1.29, 1.82) is 0 Å². The summed E-state index contributed by atoms with van der Waals surface area (Å²) in [5.74, 6) is 0.271. The Morgan fingerprint density at radius 2 is 1.65 bits per heavy atom. The van der Waals surface area contributed by atoms with Gasteiger partial charge in [0.25, 0.3) is 17.0 Å². The van der Waals surface area contributed by atoms with Crippen LogP contribution < -0.4 is 4.74 Å². The van der Waals surface area contributed by atoms with Gasteiger partial charge in [-0.25, -0.2) is 0 Å². The van der Waals surface area contributed by atoms with Crippen LogP contribution in [0.25, 0.3) is 0 Å². The molecule has 0 fully saturated rings. The quantitative estimate of drug-likeness (QED) is 0.604. The van der Waals surface area contributed by atoms with Crippen LogP contribution in [0.5, 0.6) is 5.75 Å². The number of fused-ring (bicyclic) bond motifs is 2. The van der Waals surface area contributed by atoms with Crippen LogP contribution in [0.3, 0.4) is 0 Å². The first-order valence-corrected chi connectivity index (χ1v) is 8.84. The van der Waals surface area contributed by atoms with E-state index in [2.05, 4.69) is 0 Å². The van der Waals surface area contributed by atoms with Gasteiger partial charge in [0.1, 0.15) is 5.75 Å². The average molecular weight is 366 g/mol. The number of benzene rings is 2. The topological polar surface area (TPSA) is 49.9 Å². The average Bonchev–Trinajstić information content (AvgIpc) is 3.14. The molecule has 0 saturated carbocycles. The van der Waals surface area contributed by atoms with E-state index in [4.69, 9.17) is 17.0 Å². The summed E-state index contributed by atoms with van der Waals surface area (Å²) < 4.78 is 5.66. The molecule has 1 unspecified atom stereocenters. The lowest BCUT2D eigenvalue weighted by molar-refractivity contribution is 0.0590. The van der Waals surface area contributed by atoms with Crippen molar-refractivity contribution in [2.75, 3.05) is 14.1 Å². The largest absolute Gasteiger partial charge is 0.432 e. The Hall–Kier alpha value is -2.73. The zero-order valence-electron chi connectivity index (χ0n) is 14.6. The molecule has 0 spiro atoms. The fourth-order valence-electron chi connectivity index (χ4n) is 3.55. The van der Waals surface area contributed by atoms with Gasteiger partial charge in [-0.05, 0) is 60.5 Å². The van der Waals surface area contributed by atoms with Crippen LogP contribution in [0.15, 0.2) is 42.5 Å². The third-order valence-corrected chi connectivity index (χ3v) is 5.30. The molecule has 1 heterocycles. The Balaban J connectivity index is 1.55. The summed E-state index contributed by atoms with van der Waals surface area (Å²) in [7, 11) is 3.65. The Kier molecular flexibility index (Phi) is 4.00. The first kappa shape index (κ1) is 16.7. The van der Waals surface area contributed by atoms with Crippen molar-refractivity contribution in [2.24, 2.45) is 0 Å². The molecule has 1 aliphatic heterocycles. The van der Waals surface area contributed by atoms with Gasteiger partial charge in [-0.1, -0.05) is 18.2 Å². The highest BCUT2D eigenvalue weighted by molar-refractivity contribution is 7.80. The summed E-state index contributed by atoms with van der Waals surface area (Å²) in [6.07, 6.45) is 1.30. The molecule has 1 aliphatic carbocycles. The lowest BCUT2D eigenvalue weighted by Gasteiger charge is -2.21. The van der Waals surface area contributed by atoms with Gasteiger partial charge in [0.2, 0.25) is 0 Å². The predicted octanol–water partition coefficient (Wildman–Crippen LogP) is 2.68. The van der Waals surface area contributed by atoms with E-state index in [1.165, 1.54) is 4.90 Å². The van der Waals surface area contributed by atoms with Crippen LogP contribution in [-0.4, -0.2) is 46.9 Å². The second kappa shape index (κ2) is 6.21. The van der Waals surface area contributed by atoms with E-state index >= 15 is 0 Å². The summed E-state index contributed by atoms with van der Waals surface area (Å²) in [4.78, 5) is 28.5. The van der Waals surface area contributed by atoms with Crippen molar-refractivity contribution in [2.45, 2.75) is 18.9 Å². The molecule has 132 valence electrons. The van der Waals surface area contributed by atoms with E-state index in [-0.39, 0.29) is 17.9 Å². The molecule has 0 saturated heterocycles. The van der Waals surface area contributed by atoms with Crippen molar-refractivity contribution in [1.82, 2.24) is 9.80 Å². The third kappa shape index (κ3) is 2.66. The summed E-state index contributed by atoms with van der Waals surface area (Å²) in [6, 6.07) is 12.7. The molecule has 4 rings (SSSR count). The highest BCUT2D eigenvalue weighted by Crippen LogP contribution is 2.33. The van der Waals surface area contributed by atoms with E-state index < -0.39 is 0 Å². The molecule has 0 N–H and O–H groups in total. The van der Waals surface area contributed by atoms with E-state index in [1.807, 2.05) is 32.3 Å². The standard InChI is InChI=1S/C20H18N2O3S/c1-21(2)20(26)25-15-8-7-12-9-14(10-13(12)11-15)22-18(23)16-5-3-4-6-17(16)19(22)24/h3-8,11,14H,9-10H2,1-2H3. The van der Waals surface area contributed by atoms with Gasteiger partial charge in [-0.15, -0.1) is 0 Å². The molecule has 0 radical (unpaired) electrons. The van der Waals surface area contributed by atoms with Crippen LogP contribution in [0.2, 0.25) is 0 Å². The summed E-state index contributed by atoms with van der Waals surface area (Å²) in [5.41, 5.74) is 3.21. The minimum absolute atomic E-state index is 0.159. The van der Waals surface area contributed by atoms with Crippen LogP contribution in [0.1, 0.15) is 31.8 Å². The van der Waals surface area contributed by atoms with Gasteiger partial charge >= 0.3 is 0 Å². The number of thiocarbonyl (C=S) groups is 1. The summed E-state index contributed by atoms with van der Waals surface area (Å²) >= 11 is 5.18. The maximum absolute atomic E-state index is 12.7. The predicted molar refractivity (Wildman–Crippen MR) is 101 cm³/mol. The molecule has 0 aromatic heterocycles. The Morgan fingerprint density at radius 3 is 2.27 bits per heavy atom. The number of amides is 2. The zero-order valence-corrected chi connectivity index (χ0v) is 15.4. The number of rotatable bonds is 2. The molecule has 26 heavy (non-hydrogen) atoms. The number of carbonyl (C=O) groups excluding carboxylic acids is 2. The number of carbonyl (C=O) groups is 2. The molecule has 2 aromatic rings. The first-order valence-electron chi connectivity index (χ1n) is 8.43. The first-order chi connectivity index (χ1) is 12.5. The monoisotopic (exact) mass is 366 g/mol. The van der Waals surface area contributed by atoms with Gasteiger partial charge in [0, 0.05) is 20.1 Å². The van der Waals surface area contributed by atoms with E-state index in [1.54, 1.807) is 29.2 Å². The van der Waals surface area contributed by atoms with E-state index in [0.29, 0.717) is 34.9 Å². The number of hydrogen-bond donors (Lipinski definition) is 0. The van der Waals surface area contributed by atoms with Crippen molar-refractivity contribution in [3.8, 4) is 5.75 Å². The second-order valence-electron chi connectivity index (χ2n) is 6.78. The molecule has 2 aromatic carbocycles. The van der Waals surface area contributed by atoms with Crippen molar-refractivity contribution in [3.05, 3.63) is 64.7 Å². The van der Waals surface area contributed by atoms with Gasteiger partial charge in [0.05, 0.1) is 11.1 Å². The summed E-state index contributed by atoms with van der Waals surface area (Å²) in [5, 5.41) is 0.389. The molecule has 6 heteroatoms. The van der Waals surface area contributed by atoms with Crippen LogP contribution in [-0.2, 0) is 12.8 Å². The molecule has 2 aliphatic rings. The Bertz CT molecular complexity index is 903. The maximum Gasteiger partial charge on any atom is 0.264 e. The van der Waals surface area contributed by atoms with E-state index in [0.717, 1.165) is 11.1 Å². The Morgan fingerprint density at radius 1 is 1.04 bits per heavy atom. The number of imide groups is 1. The number of nitrogens with zero attached hydrogens (tertiary/aromatic N) is 2. The SMILES string of the molecule is CN(C)C(=S)Oc1ccc2c(c1)CC(N1C(=O)c3ccccc3C1=O)C2. The highest BCUT2D eigenvalue weighted by Gasteiger charge is 2.41. The normalized spacial score (nSPS) is 17.9. The fraction of sp³-hybridized carbons (Fsp3) is 0.250. The van der Waals surface area contributed by atoms with Gasteiger partial charge in [-0.2, -0.15) is 0 Å². The van der Waals surface area contributed by atoms with Gasteiger partial charge < -0.3 is 9.64 Å². The summed E-state index contributed by atoms with van der Waals surface area (Å²) in [6.45, 7) is 0. The lowest BCUT2D eigenvalue weighted by atomic mass is 10.1. The smallest absolute Gasteiger partial charge is 0.264 e. The maximum atomic E-state index is 12.7. The van der Waals surface area contributed by atoms with Crippen molar-refractivity contribution >= 4 is 29.2 Å². The third-order valence-electron chi connectivity index (χ3n) is 4.85. The van der Waals surface area contributed by atoms with Gasteiger partial charge in [0.15, 0.2) is 0 Å². The number of hydrogen-bond acceptors (Lipinski definition) is 4.